The van der Waals surface area contributed by atoms with Gasteiger partial charge in [0.1, 0.15) is 5.75 Å². The minimum atomic E-state index is 0.0209. The summed E-state index contributed by atoms with van der Waals surface area (Å²) in [7, 11) is 1.68. The number of ether oxygens (including phenoxy) is 1. The second kappa shape index (κ2) is 7.36. The maximum absolute atomic E-state index is 9.21. The molecule has 0 saturated heterocycles. The minimum absolute atomic E-state index is 0.0209. The van der Waals surface area contributed by atoms with Crippen LogP contribution in [0.3, 0.4) is 0 Å². The molecule has 4 nitrogen and oxygen atoms in total. The quantitative estimate of drug-likeness (QED) is 0.759. The zero-order valence-corrected chi connectivity index (χ0v) is 15.0. The fourth-order valence-electron chi connectivity index (χ4n) is 3.82. The molecule has 4 rings (SSSR count). The van der Waals surface area contributed by atoms with Crippen LogP contribution in [0.5, 0.6) is 5.75 Å². The monoisotopic (exact) mass is 348 g/mol. The summed E-state index contributed by atoms with van der Waals surface area (Å²) in [5, 5.41) is 14.0. The van der Waals surface area contributed by atoms with Crippen molar-refractivity contribution in [3.8, 4) is 16.9 Å². The number of benzene rings is 2. The molecule has 4 heteroatoms. The van der Waals surface area contributed by atoms with Crippen LogP contribution >= 0.6 is 0 Å². The average molecular weight is 348 g/mol. The Morgan fingerprint density at radius 3 is 2.92 bits per heavy atom. The highest BCUT2D eigenvalue weighted by atomic mass is 16.5. The molecule has 0 aliphatic carbocycles. The standard InChI is InChI=1S/C22H24N2O2/c1-26-19-7-8-20(16(15-19)5-3-13-25)21-6-2-4-17-14-18-9-10-23-11-12-24(18)22(17)21/h2-8,14-15,23,25H,9-13H2,1H3/b5-3+. The Kier molecular flexibility index (Phi) is 4.78. The predicted octanol–water partition coefficient (Wildman–Crippen LogP) is 3.47. The van der Waals surface area contributed by atoms with Crippen molar-refractivity contribution in [3.63, 3.8) is 0 Å². The molecular weight excluding hydrogens is 324 g/mol. The van der Waals surface area contributed by atoms with Crippen LogP contribution in [0, 0.1) is 0 Å². The zero-order chi connectivity index (χ0) is 17.9. The number of aliphatic hydroxyl groups is 1. The Morgan fingerprint density at radius 2 is 2.08 bits per heavy atom. The fourth-order valence-corrected chi connectivity index (χ4v) is 3.82. The van der Waals surface area contributed by atoms with Gasteiger partial charge in [-0.3, -0.25) is 0 Å². The van der Waals surface area contributed by atoms with Gasteiger partial charge in [0.2, 0.25) is 0 Å². The first-order valence-corrected chi connectivity index (χ1v) is 9.09. The number of para-hydroxylation sites is 1. The van der Waals surface area contributed by atoms with E-state index in [0.29, 0.717) is 0 Å². The number of hydrogen-bond donors (Lipinski definition) is 2. The number of methoxy groups -OCH3 is 1. The first-order valence-electron chi connectivity index (χ1n) is 9.09. The molecule has 0 radical (unpaired) electrons. The molecule has 0 amide bonds. The summed E-state index contributed by atoms with van der Waals surface area (Å²) in [5.74, 6) is 0.816. The topological polar surface area (TPSA) is 46.4 Å². The third-order valence-corrected chi connectivity index (χ3v) is 5.03. The number of rotatable bonds is 4. The summed E-state index contributed by atoms with van der Waals surface area (Å²) in [6.07, 6.45) is 4.78. The van der Waals surface area contributed by atoms with Crippen LogP contribution in [-0.4, -0.2) is 36.5 Å². The minimum Gasteiger partial charge on any atom is -0.497 e. The van der Waals surface area contributed by atoms with Crippen molar-refractivity contribution in [1.82, 2.24) is 9.88 Å². The molecule has 0 bridgehead atoms. The van der Waals surface area contributed by atoms with Crippen LogP contribution in [0.1, 0.15) is 11.3 Å². The van der Waals surface area contributed by atoms with E-state index in [0.717, 1.165) is 42.9 Å². The van der Waals surface area contributed by atoms with Gasteiger partial charge in [-0.25, -0.2) is 0 Å². The summed E-state index contributed by atoms with van der Waals surface area (Å²) < 4.78 is 7.85. The Balaban J connectivity index is 1.94. The molecule has 0 atom stereocenters. The lowest BCUT2D eigenvalue weighted by atomic mass is 9.97. The van der Waals surface area contributed by atoms with Gasteiger partial charge < -0.3 is 19.7 Å². The number of nitrogens with one attached hydrogen (secondary N) is 1. The second-order valence-corrected chi connectivity index (χ2v) is 6.57. The van der Waals surface area contributed by atoms with E-state index in [9.17, 15) is 5.11 Å². The highest BCUT2D eigenvalue weighted by molar-refractivity contribution is 5.97. The van der Waals surface area contributed by atoms with Gasteiger partial charge in [0, 0.05) is 42.7 Å². The van der Waals surface area contributed by atoms with Crippen LogP contribution in [0.15, 0.2) is 48.5 Å². The fraction of sp³-hybridized carbons (Fsp3) is 0.273. The molecule has 26 heavy (non-hydrogen) atoms. The van der Waals surface area contributed by atoms with Gasteiger partial charge in [0.05, 0.1) is 19.2 Å². The van der Waals surface area contributed by atoms with Gasteiger partial charge in [-0.2, -0.15) is 0 Å². The van der Waals surface area contributed by atoms with Gasteiger partial charge >= 0.3 is 0 Å². The summed E-state index contributed by atoms with van der Waals surface area (Å²) in [5.41, 5.74) is 6.09. The van der Waals surface area contributed by atoms with Crippen molar-refractivity contribution >= 4 is 17.0 Å². The molecular formula is C22H24N2O2. The van der Waals surface area contributed by atoms with E-state index in [1.165, 1.54) is 22.2 Å². The normalized spacial score (nSPS) is 14.5. The van der Waals surface area contributed by atoms with Gasteiger partial charge in [0.15, 0.2) is 0 Å². The average Bonchev–Trinajstić information content (AvgIpc) is 2.87. The summed E-state index contributed by atoms with van der Waals surface area (Å²) >= 11 is 0. The van der Waals surface area contributed by atoms with E-state index < -0.39 is 0 Å². The predicted molar refractivity (Wildman–Crippen MR) is 107 cm³/mol. The van der Waals surface area contributed by atoms with Crippen LogP contribution < -0.4 is 10.1 Å². The Hall–Kier alpha value is -2.56. The Morgan fingerprint density at radius 1 is 1.15 bits per heavy atom. The first kappa shape index (κ1) is 16.9. The maximum Gasteiger partial charge on any atom is 0.119 e. The lowest BCUT2D eigenvalue weighted by molar-refractivity contribution is 0.343. The summed E-state index contributed by atoms with van der Waals surface area (Å²) in [4.78, 5) is 0. The highest BCUT2D eigenvalue weighted by Crippen LogP contribution is 2.35. The molecule has 1 aromatic heterocycles. The lowest BCUT2D eigenvalue weighted by Crippen LogP contribution is -2.17. The van der Waals surface area contributed by atoms with E-state index in [1.54, 1.807) is 13.2 Å². The molecule has 3 aromatic rings. The van der Waals surface area contributed by atoms with Crippen molar-refractivity contribution in [2.45, 2.75) is 13.0 Å². The van der Waals surface area contributed by atoms with Crippen molar-refractivity contribution in [3.05, 3.63) is 59.8 Å². The molecule has 2 aromatic carbocycles. The van der Waals surface area contributed by atoms with Gasteiger partial charge in [-0.15, -0.1) is 0 Å². The third kappa shape index (κ3) is 3.02. The molecule has 0 fully saturated rings. The molecule has 1 aliphatic heterocycles. The van der Waals surface area contributed by atoms with E-state index in [1.807, 2.05) is 18.2 Å². The molecule has 134 valence electrons. The number of aliphatic hydroxyl groups excluding tert-OH is 1. The maximum atomic E-state index is 9.21. The largest absolute Gasteiger partial charge is 0.497 e. The SMILES string of the molecule is COc1ccc(-c2cccc3cc4n(c23)CCNCC4)c(/C=C/CO)c1. The van der Waals surface area contributed by atoms with E-state index >= 15 is 0 Å². The first-order chi connectivity index (χ1) is 12.8. The summed E-state index contributed by atoms with van der Waals surface area (Å²) in [6.45, 7) is 3.02. The van der Waals surface area contributed by atoms with Crippen LogP contribution in [0.25, 0.3) is 28.1 Å². The lowest BCUT2D eigenvalue weighted by Gasteiger charge is -2.14. The molecule has 2 heterocycles. The Bertz CT molecular complexity index is 956. The van der Waals surface area contributed by atoms with Gasteiger partial charge in [-0.1, -0.05) is 36.4 Å². The third-order valence-electron chi connectivity index (χ3n) is 5.03. The molecule has 0 saturated carbocycles. The molecule has 0 spiro atoms. The molecule has 2 N–H and O–H groups in total. The van der Waals surface area contributed by atoms with E-state index in [-0.39, 0.29) is 6.61 Å². The molecule has 1 aliphatic rings. The van der Waals surface area contributed by atoms with Gasteiger partial charge in [-0.05, 0) is 29.3 Å². The van der Waals surface area contributed by atoms with Crippen LogP contribution in [-0.2, 0) is 13.0 Å². The number of hydrogen-bond acceptors (Lipinski definition) is 3. The van der Waals surface area contributed by atoms with E-state index in [4.69, 9.17) is 4.74 Å². The number of nitrogens with zero attached hydrogens (tertiary/aromatic N) is 1. The van der Waals surface area contributed by atoms with Gasteiger partial charge in [0.25, 0.3) is 0 Å². The summed E-state index contributed by atoms with van der Waals surface area (Å²) in [6, 6.07) is 15.0. The highest BCUT2D eigenvalue weighted by Gasteiger charge is 2.16. The van der Waals surface area contributed by atoms with E-state index in [2.05, 4.69) is 40.2 Å². The number of fused-ring (bicyclic) bond motifs is 3. The molecule has 0 unspecified atom stereocenters. The van der Waals surface area contributed by atoms with Crippen molar-refractivity contribution in [2.75, 3.05) is 26.8 Å². The smallest absolute Gasteiger partial charge is 0.119 e. The zero-order valence-electron chi connectivity index (χ0n) is 15.0. The van der Waals surface area contributed by atoms with Crippen molar-refractivity contribution < 1.29 is 9.84 Å². The second-order valence-electron chi connectivity index (χ2n) is 6.57. The van der Waals surface area contributed by atoms with Crippen LogP contribution in [0.2, 0.25) is 0 Å². The Labute approximate surface area is 153 Å². The van der Waals surface area contributed by atoms with Crippen LogP contribution in [0.4, 0.5) is 0 Å². The van der Waals surface area contributed by atoms with Crippen molar-refractivity contribution in [1.29, 1.82) is 0 Å². The van der Waals surface area contributed by atoms with Crippen molar-refractivity contribution in [2.24, 2.45) is 0 Å². The number of aromatic nitrogens is 1.